The number of fused-ring (bicyclic) bond motifs is 2. The Labute approximate surface area is 156 Å². The maximum Gasteiger partial charge on any atom is 0.234 e. The molecular formula is C18H12F2N4O2S. The highest BCUT2D eigenvalue weighted by molar-refractivity contribution is 7.16. The third-order valence-electron chi connectivity index (χ3n) is 4.14. The van der Waals surface area contributed by atoms with E-state index >= 15 is 0 Å². The van der Waals surface area contributed by atoms with Crippen LogP contribution >= 0.6 is 11.3 Å². The lowest BCUT2D eigenvalue weighted by atomic mass is 10.1. The fourth-order valence-corrected chi connectivity index (χ4v) is 3.82. The Bertz CT molecular complexity index is 1120. The zero-order valence-corrected chi connectivity index (χ0v) is 14.6. The fraction of sp³-hybridized carbons (Fsp3) is 0.167. The van der Waals surface area contributed by atoms with Gasteiger partial charge in [-0.1, -0.05) is 23.5 Å². The summed E-state index contributed by atoms with van der Waals surface area (Å²) in [6.45, 7) is 0.339. The van der Waals surface area contributed by atoms with E-state index in [9.17, 15) is 8.78 Å². The lowest BCUT2D eigenvalue weighted by Gasteiger charge is -2.24. The summed E-state index contributed by atoms with van der Waals surface area (Å²) in [4.78, 5) is 0.583. The number of hydrogen-bond acceptors (Lipinski definition) is 6. The highest BCUT2D eigenvalue weighted by Gasteiger charge is 2.26. The molecule has 2 aromatic carbocycles. The molecule has 1 atom stereocenters. The smallest absolute Gasteiger partial charge is 0.234 e. The molecule has 0 fully saturated rings. The van der Waals surface area contributed by atoms with Crippen LogP contribution in [0.2, 0.25) is 0 Å². The van der Waals surface area contributed by atoms with Crippen LogP contribution in [0.25, 0.3) is 4.96 Å². The summed E-state index contributed by atoms with van der Waals surface area (Å²) in [6, 6.07) is 10.8. The minimum atomic E-state index is -0.629. The van der Waals surface area contributed by atoms with E-state index in [2.05, 4.69) is 15.3 Å². The summed E-state index contributed by atoms with van der Waals surface area (Å²) in [5, 5.41) is 13.4. The monoisotopic (exact) mass is 386 g/mol. The summed E-state index contributed by atoms with van der Waals surface area (Å²) >= 11 is 1.34. The standard InChI is InChI=1S/C18H12F2N4O2S/c19-11-5-10(6-12(20)8-11)7-16-21-22-18-24(16)23-17(27-18)15-9-25-13-3-1-2-4-14(13)26-15/h1-6,8,15H,7,9H2. The van der Waals surface area contributed by atoms with Gasteiger partial charge in [0.2, 0.25) is 4.96 Å². The number of benzene rings is 2. The van der Waals surface area contributed by atoms with Crippen LogP contribution in [-0.4, -0.2) is 26.4 Å². The first-order valence-electron chi connectivity index (χ1n) is 8.20. The maximum absolute atomic E-state index is 13.4. The molecule has 9 heteroatoms. The Balaban J connectivity index is 1.44. The van der Waals surface area contributed by atoms with E-state index in [-0.39, 0.29) is 12.5 Å². The first kappa shape index (κ1) is 16.1. The van der Waals surface area contributed by atoms with Crippen LogP contribution in [0.3, 0.4) is 0 Å². The van der Waals surface area contributed by atoms with Crippen molar-refractivity contribution in [2.24, 2.45) is 0 Å². The van der Waals surface area contributed by atoms with Crippen LogP contribution in [0.15, 0.2) is 42.5 Å². The van der Waals surface area contributed by atoms with Crippen molar-refractivity contribution in [3.8, 4) is 11.5 Å². The van der Waals surface area contributed by atoms with Crippen LogP contribution in [0.5, 0.6) is 11.5 Å². The molecule has 1 unspecified atom stereocenters. The van der Waals surface area contributed by atoms with E-state index in [0.717, 1.165) is 6.07 Å². The number of rotatable bonds is 3. The lowest BCUT2D eigenvalue weighted by molar-refractivity contribution is 0.0904. The first-order valence-corrected chi connectivity index (χ1v) is 9.02. The topological polar surface area (TPSA) is 61.5 Å². The molecule has 0 aliphatic carbocycles. The summed E-state index contributed by atoms with van der Waals surface area (Å²) in [5.74, 6) is 0.600. The summed E-state index contributed by atoms with van der Waals surface area (Å²) in [7, 11) is 0. The van der Waals surface area contributed by atoms with Crippen molar-refractivity contribution < 1.29 is 18.3 Å². The van der Waals surface area contributed by atoms with Gasteiger partial charge < -0.3 is 9.47 Å². The van der Waals surface area contributed by atoms with Crippen LogP contribution in [0.1, 0.15) is 22.5 Å². The van der Waals surface area contributed by atoms with Crippen LogP contribution in [0, 0.1) is 11.6 Å². The highest BCUT2D eigenvalue weighted by Crippen LogP contribution is 2.36. The maximum atomic E-state index is 13.4. The highest BCUT2D eigenvalue weighted by atomic mass is 32.1. The second-order valence-electron chi connectivity index (χ2n) is 6.07. The van der Waals surface area contributed by atoms with Crippen molar-refractivity contribution >= 4 is 16.3 Å². The molecule has 1 aliphatic rings. The molecule has 27 heavy (non-hydrogen) atoms. The minimum absolute atomic E-state index is 0.212. The molecule has 6 nitrogen and oxygen atoms in total. The quantitative estimate of drug-likeness (QED) is 0.539. The molecule has 0 radical (unpaired) electrons. The van der Waals surface area contributed by atoms with Gasteiger partial charge in [0.25, 0.3) is 0 Å². The van der Waals surface area contributed by atoms with Crippen molar-refractivity contribution in [2.45, 2.75) is 12.5 Å². The van der Waals surface area contributed by atoms with E-state index in [1.54, 1.807) is 4.52 Å². The summed E-state index contributed by atoms with van der Waals surface area (Å²) in [5.41, 5.74) is 0.461. The predicted molar refractivity (Wildman–Crippen MR) is 93.1 cm³/mol. The van der Waals surface area contributed by atoms with Gasteiger partial charge in [-0.15, -0.1) is 10.2 Å². The van der Waals surface area contributed by atoms with Gasteiger partial charge in [-0.3, -0.25) is 0 Å². The van der Waals surface area contributed by atoms with Crippen molar-refractivity contribution in [3.63, 3.8) is 0 Å². The van der Waals surface area contributed by atoms with Gasteiger partial charge in [0.1, 0.15) is 18.2 Å². The summed E-state index contributed by atoms with van der Waals surface area (Å²) in [6.07, 6.45) is -0.143. The first-order chi connectivity index (χ1) is 13.2. The molecule has 0 bridgehead atoms. The van der Waals surface area contributed by atoms with Gasteiger partial charge >= 0.3 is 0 Å². The SMILES string of the molecule is Fc1cc(F)cc(Cc2nnc3sc(C4COc5ccccc5O4)nn23)c1. The Hall–Kier alpha value is -3.07. The molecule has 0 amide bonds. The number of hydrogen-bond donors (Lipinski definition) is 0. The average molecular weight is 386 g/mol. The third kappa shape index (κ3) is 2.99. The molecule has 2 aromatic heterocycles. The van der Waals surface area contributed by atoms with E-state index in [1.807, 2.05) is 24.3 Å². The number of ether oxygens (including phenoxy) is 2. The molecule has 0 saturated carbocycles. The Kier molecular flexibility index (Phi) is 3.75. The van der Waals surface area contributed by atoms with Crippen LogP contribution in [-0.2, 0) is 6.42 Å². The number of aromatic nitrogens is 4. The molecule has 5 rings (SSSR count). The molecule has 0 saturated heterocycles. The van der Waals surface area contributed by atoms with Crippen LogP contribution < -0.4 is 9.47 Å². The van der Waals surface area contributed by atoms with E-state index in [0.29, 0.717) is 39.5 Å². The zero-order chi connectivity index (χ0) is 18.4. The fourth-order valence-electron chi connectivity index (χ4n) is 2.95. The second-order valence-corrected chi connectivity index (χ2v) is 7.06. The minimum Gasteiger partial charge on any atom is -0.485 e. The molecule has 3 heterocycles. The predicted octanol–water partition coefficient (Wildman–Crippen LogP) is 3.57. The molecule has 0 N–H and O–H groups in total. The zero-order valence-electron chi connectivity index (χ0n) is 13.8. The lowest BCUT2D eigenvalue weighted by Crippen LogP contribution is -2.21. The van der Waals surface area contributed by atoms with E-state index in [1.165, 1.54) is 23.5 Å². The molecular weight excluding hydrogens is 374 g/mol. The largest absolute Gasteiger partial charge is 0.485 e. The van der Waals surface area contributed by atoms with Crippen molar-refractivity contribution in [1.29, 1.82) is 0 Å². The molecule has 136 valence electrons. The molecule has 4 aromatic rings. The van der Waals surface area contributed by atoms with Gasteiger partial charge in [0.05, 0.1) is 0 Å². The van der Waals surface area contributed by atoms with Crippen molar-refractivity contribution in [3.05, 3.63) is 70.5 Å². The van der Waals surface area contributed by atoms with Gasteiger partial charge in [0, 0.05) is 12.5 Å². The van der Waals surface area contributed by atoms with Crippen molar-refractivity contribution in [2.75, 3.05) is 6.61 Å². The Morgan fingerprint density at radius 1 is 1.07 bits per heavy atom. The molecule has 0 spiro atoms. The normalized spacial score (nSPS) is 16.0. The summed E-state index contributed by atoms with van der Waals surface area (Å²) < 4.78 is 40.1. The van der Waals surface area contributed by atoms with Gasteiger partial charge in [-0.2, -0.15) is 9.61 Å². The van der Waals surface area contributed by atoms with Gasteiger partial charge in [-0.25, -0.2) is 8.78 Å². The molecule has 1 aliphatic heterocycles. The van der Waals surface area contributed by atoms with Crippen molar-refractivity contribution in [1.82, 2.24) is 19.8 Å². The van der Waals surface area contributed by atoms with Gasteiger partial charge in [0.15, 0.2) is 28.4 Å². The van der Waals surface area contributed by atoms with Gasteiger partial charge in [-0.05, 0) is 29.8 Å². The third-order valence-corrected chi connectivity index (χ3v) is 5.13. The Morgan fingerprint density at radius 2 is 1.85 bits per heavy atom. The second kappa shape index (κ2) is 6.27. The number of halogens is 2. The Morgan fingerprint density at radius 3 is 2.67 bits per heavy atom. The van der Waals surface area contributed by atoms with Crippen LogP contribution in [0.4, 0.5) is 8.78 Å². The van der Waals surface area contributed by atoms with E-state index < -0.39 is 11.6 Å². The number of nitrogens with zero attached hydrogens (tertiary/aromatic N) is 4. The number of para-hydroxylation sites is 2. The van der Waals surface area contributed by atoms with E-state index in [4.69, 9.17) is 9.47 Å². The average Bonchev–Trinajstić information content (AvgIpc) is 3.22.